The Bertz CT molecular complexity index is 841. The summed E-state index contributed by atoms with van der Waals surface area (Å²) in [6.45, 7) is 4.44. The van der Waals surface area contributed by atoms with E-state index in [9.17, 15) is 12.8 Å². The lowest BCUT2D eigenvalue weighted by molar-refractivity contribution is 0.447. The quantitative estimate of drug-likeness (QED) is 0.850. The highest BCUT2D eigenvalue weighted by molar-refractivity contribution is 7.89. The Labute approximate surface area is 142 Å². The average molecular weight is 351 g/mol. The Morgan fingerprint density at radius 1 is 1.29 bits per heavy atom. The highest BCUT2D eigenvalue weighted by atomic mass is 32.2. The third kappa shape index (κ3) is 3.10. The molecule has 0 amide bonds. The second-order valence-electron chi connectivity index (χ2n) is 6.56. The van der Waals surface area contributed by atoms with Crippen LogP contribution in [0.15, 0.2) is 29.4 Å². The molecule has 1 fully saturated rings. The van der Waals surface area contributed by atoms with Gasteiger partial charge in [-0.25, -0.2) is 12.8 Å². The Kier molecular flexibility index (Phi) is 4.48. The number of hydrogen-bond donors (Lipinski definition) is 0. The van der Waals surface area contributed by atoms with Crippen molar-refractivity contribution in [3.63, 3.8) is 0 Å². The molecule has 130 valence electrons. The second-order valence-corrected chi connectivity index (χ2v) is 8.41. The smallest absolute Gasteiger partial charge is 0.256 e. The van der Waals surface area contributed by atoms with E-state index in [0.717, 1.165) is 12.0 Å². The zero-order chi connectivity index (χ0) is 17.5. The van der Waals surface area contributed by atoms with Crippen molar-refractivity contribution in [1.82, 2.24) is 14.1 Å². The molecular weight excluding hydrogens is 329 g/mol. The highest BCUT2D eigenvalue weighted by Crippen LogP contribution is 2.28. The summed E-state index contributed by atoms with van der Waals surface area (Å²) in [5.41, 5.74) is 2.20. The van der Waals surface area contributed by atoms with E-state index in [2.05, 4.69) is 5.10 Å². The minimum Gasteiger partial charge on any atom is -0.256 e. The lowest BCUT2D eigenvalue weighted by Crippen LogP contribution is -2.31. The Hall–Kier alpha value is -1.73. The molecule has 24 heavy (non-hydrogen) atoms. The van der Waals surface area contributed by atoms with Crippen molar-refractivity contribution < 1.29 is 12.8 Å². The van der Waals surface area contributed by atoms with Crippen molar-refractivity contribution in [2.24, 2.45) is 13.0 Å². The lowest BCUT2D eigenvalue weighted by atomic mass is 9.98. The fourth-order valence-corrected chi connectivity index (χ4v) is 5.15. The predicted molar refractivity (Wildman–Crippen MR) is 89.7 cm³/mol. The average Bonchev–Trinajstić information content (AvgIpc) is 3.10. The molecule has 1 saturated heterocycles. The minimum absolute atomic E-state index is 0.204. The SMILES string of the molecule is Cc1ccc(CC2CCN(S(=O)(=O)c3c(C)cnn3C)C2)cc1F. The highest BCUT2D eigenvalue weighted by Gasteiger charge is 2.35. The Morgan fingerprint density at radius 3 is 2.67 bits per heavy atom. The predicted octanol–water partition coefficient (Wildman–Crippen LogP) is 2.43. The van der Waals surface area contributed by atoms with Gasteiger partial charge < -0.3 is 0 Å². The number of aromatic nitrogens is 2. The monoisotopic (exact) mass is 351 g/mol. The number of halogens is 1. The van der Waals surface area contributed by atoms with Gasteiger partial charge >= 0.3 is 0 Å². The number of benzene rings is 1. The third-order valence-electron chi connectivity index (χ3n) is 4.65. The van der Waals surface area contributed by atoms with Gasteiger partial charge in [-0.3, -0.25) is 4.68 Å². The summed E-state index contributed by atoms with van der Waals surface area (Å²) >= 11 is 0. The molecule has 0 N–H and O–H groups in total. The zero-order valence-electron chi connectivity index (χ0n) is 14.2. The number of hydrogen-bond acceptors (Lipinski definition) is 3. The van der Waals surface area contributed by atoms with E-state index < -0.39 is 10.0 Å². The van der Waals surface area contributed by atoms with Crippen molar-refractivity contribution >= 4 is 10.0 Å². The molecule has 5 nitrogen and oxygen atoms in total. The van der Waals surface area contributed by atoms with Gasteiger partial charge in [0, 0.05) is 25.7 Å². The minimum atomic E-state index is -3.54. The molecule has 3 rings (SSSR count). The first kappa shape index (κ1) is 17.1. The van der Waals surface area contributed by atoms with Gasteiger partial charge in [-0.05, 0) is 49.8 Å². The summed E-state index contributed by atoms with van der Waals surface area (Å²) in [6, 6.07) is 5.24. The van der Waals surface area contributed by atoms with Crippen LogP contribution in [0.25, 0.3) is 0 Å². The maximum absolute atomic E-state index is 13.7. The molecule has 7 heteroatoms. The van der Waals surface area contributed by atoms with Crippen LogP contribution in [-0.4, -0.2) is 35.6 Å². The van der Waals surface area contributed by atoms with Gasteiger partial charge in [0.25, 0.3) is 10.0 Å². The third-order valence-corrected chi connectivity index (χ3v) is 6.74. The molecule has 0 bridgehead atoms. The van der Waals surface area contributed by atoms with Gasteiger partial charge in [-0.1, -0.05) is 12.1 Å². The molecule has 1 aromatic heterocycles. The standard InChI is InChI=1S/C17H22FN3O2S/c1-12-4-5-14(9-16(12)18)8-15-6-7-21(11-15)24(22,23)17-13(2)10-19-20(17)3/h4-5,9-10,15H,6-8,11H2,1-3H3. The topological polar surface area (TPSA) is 55.2 Å². The van der Waals surface area contributed by atoms with Crippen LogP contribution in [0.1, 0.15) is 23.1 Å². The molecule has 0 radical (unpaired) electrons. The number of sulfonamides is 1. The van der Waals surface area contributed by atoms with Gasteiger partial charge in [0.1, 0.15) is 5.82 Å². The van der Waals surface area contributed by atoms with Crippen molar-refractivity contribution in [3.8, 4) is 0 Å². The maximum Gasteiger partial charge on any atom is 0.260 e. The number of rotatable bonds is 4. The largest absolute Gasteiger partial charge is 0.260 e. The van der Waals surface area contributed by atoms with E-state index in [-0.39, 0.29) is 16.8 Å². The van der Waals surface area contributed by atoms with Gasteiger partial charge in [0.05, 0.1) is 6.20 Å². The van der Waals surface area contributed by atoms with Crippen LogP contribution in [0.4, 0.5) is 4.39 Å². The van der Waals surface area contributed by atoms with E-state index in [0.29, 0.717) is 30.6 Å². The van der Waals surface area contributed by atoms with Crippen molar-refractivity contribution in [1.29, 1.82) is 0 Å². The van der Waals surface area contributed by atoms with Crippen LogP contribution < -0.4 is 0 Å². The zero-order valence-corrected chi connectivity index (χ0v) is 15.0. The molecule has 1 atom stereocenters. The van der Waals surface area contributed by atoms with E-state index >= 15 is 0 Å². The number of aryl methyl sites for hydroxylation is 3. The van der Waals surface area contributed by atoms with Crippen molar-refractivity contribution in [3.05, 3.63) is 46.9 Å². The summed E-state index contributed by atoms with van der Waals surface area (Å²) < 4.78 is 42.3. The molecule has 0 aliphatic carbocycles. The summed E-state index contributed by atoms with van der Waals surface area (Å²) in [7, 11) is -1.90. The maximum atomic E-state index is 13.7. The Morgan fingerprint density at radius 2 is 2.04 bits per heavy atom. The van der Waals surface area contributed by atoms with Crippen LogP contribution in [0.3, 0.4) is 0 Å². The number of nitrogens with zero attached hydrogens (tertiary/aromatic N) is 3. The van der Waals surface area contributed by atoms with E-state index in [1.54, 1.807) is 39.2 Å². The van der Waals surface area contributed by atoms with E-state index in [1.165, 1.54) is 8.99 Å². The van der Waals surface area contributed by atoms with Crippen LogP contribution in [0, 0.1) is 25.6 Å². The molecule has 2 heterocycles. The molecule has 0 spiro atoms. The Balaban J connectivity index is 1.74. The van der Waals surface area contributed by atoms with Crippen molar-refractivity contribution in [2.75, 3.05) is 13.1 Å². The first-order valence-electron chi connectivity index (χ1n) is 8.03. The fraction of sp³-hybridized carbons (Fsp3) is 0.471. The van der Waals surface area contributed by atoms with Gasteiger partial charge in [-0.2, -0.15) is 9.40 Å². The van der Waals surface area contributed by atoms with Crippen LogP contribution >= 0.6 is 0 Å². The first-order chi connectivity index (χ1) is 11.3. The van der Waals surface area contributed by atoms with Gasteiger partial charge in [-0.15, -0.1) is 0 Å². The van der Waals surface area contributed by atoms with E-state index in [1.807, 2.05) is 6.07 Å². The molecule has 2 aromatic rings. The molecule has 1 aliphatic heterocycles. The van der Waals surface area contributed by atoms with Gasteiger partial charge in [0.15, 0.2) is 5.03 Å². The summed E-state index contributed by atoms with van der Waals surface area (Å²) in [5, 5.41) is 4.28. The molecule has 1 aromatic carbocycles. The summed E-state index contributed by atoms with van der Waals surface area (Å²) in [5.74, 6) is -0.00380. The molecular formula is C17H22FN3O2S. The lowest BCUT2D eigenvalue weighted by Gasteiger charge is -2.17. The van der Waals surface area contributed by atoms with Crippen LogP contribution in [-0.2, 0) is 23.5 Å². The molecule has 1 unspecified atom stereocenters. The van der Waals surface area contributed by atoms with Crippen molar-refractivity contribution in [2.45, 2.75) is 31.7 Å². The van der Waals surface area contributed by atoms with Crippen LogP contribution in [0.2, 0.25) is 0 Å². The second kappa shape index (κ2) is 6.29. The molecule has 1 aliphatic rings. The summed E-state index contributed by atoms with van der Waals surface area (Å²) in [4.78, 5) is 0. The normalized spacial score (nSPS) is 19.1. The van der Waals surface area contributed by atoms with Crippen LogP contribution in [0.5, 0.6) is 0 Å². The van der Waals surface area contributed by atoms with E-state index in [4.69, 9.17) is 0 Å². The molecule has 0 saturated carbocycles. The first-order valence-corrected chi connectivity index (χ1v) is 9.47. The fourth-order valence-electron chi connectivity index (χ4n) is 3.31. The van der Waals surface area contributed by atoms with Gasteiger partial charge in [0.2, 0.25) is 0 Å². The summed E-state index contributed by atoms with van der Waals surface area (Å²) in [6.07, 6.45) is 3.04.